The van der Waals surface area contributed by atoms with Crippen LogP contribution < -0.4 is 21.9 Å². The van der Waals surface area contributed by atoms with E-state index in [0.29, 0.717) is 11.3 Å². The van der Waals surface area contributed by atoms with Gasteiger partial charge in [-0.05, 0) is 30.7 Å². The number of aryl methyl sites for hydroxylation is 1. The van der Waals surface area contributed by atoms with Crippen molar-refractivity contribution < 1.29 is 19.4 Å². The second kappa shape index (κ2) is 8.75. The van der Waals surface area contributed by atoms with Gasteiger partial charge in [-0.1, -0.05) is 12.1 Å². The maximum absolute atomic E-state index is 12.4. The highest BCUT2D eigenvalue weighted by atomic mass is 16.5. The standard InChI is InChI=1S/C18H22N4O5/c1-3-27-15(24)10-13(11-5-4-6-12(19)9-11)20-18(26)21-16-14(23)7-8-22(2)17(16)25/h4-9,13,23H,3,10,19H2,1-2H3,(H2,20,21,26)/t13-/m0/s1. The van der Waals surface area contributed by atoms with E-state index >= 15 is 0 Å². The molecule has 1 aromatic heterocycles. The Hall–Kier alpha value is -3.49. The number of nitrogens with zero attached hydrogens (tertiary/aromatic N) is 1. The smallest absolute Gasteiger partial charge is 0.319 e. The molecule has 0 aliphatic heterocycles. The number of rotatable bonds is 6. The van der Waals surface area contributed by atoms with Crippen molar-refractivity contribution in [2.24, 2.45) is 7.05 Å². The van der Waals surface area contributed by atoms with E-state index in [4.69, 9.17) is 10.5 Å². The average molecular weight is 374 g/mol. The number of ether oxygens (including phenoxy) is 1. The zero-order chi connectivity index (χ0) is 20.0. The van der Waals surface area contributed by atoms with E-state index in [0.717, 1.165) is 0 Å². The third-order valence-corrected chi connectivity index (χ3v) is 3.78. The largest absolute Gasteiger partial charge is 0.505 e. The minimum absolute atomic E-state index is 0.122. The molecule has 0 fully saturated rings. The Balaban J connectivity index is 2.22. The topological polar surface area (TPSA) is 136 Å². The third kappa shape index (κ3) is 5.24. The summed E-state index contributed by atoms with van der Waals surface area (Å²) in [7, 11) is 1.49. The molecule has 0 unspecified atom stereocenters. The van der Waals surface area contributed by atoms with Crippen molar-refractivity contribution in [2.45, 2.75) is 19.4 Å². The highest BCUT2D eigenvalue weighted by molar-refractivity contribution is 5.91. The van der Waals surface area contributed by atoms with Gasteiger partial charge < -0.3 is 30.8 Å². The lowest BCUT2D eigenvalue weighted by Crippen LogP contribution is -2.36. The van der Waals surface area contributed by atoms with Crippen LogP contribution in [0, 0.1) is 0 Å². The van der Waals surface area contributed by atoms with Crippen LogP contribution in [0.2, 0.25) is 0 Å². The Morgan fingerprint density at radius 3 is 2.74 bits per heavy atom. The maximum atomic E-state index is 12.4. The van der Waals surface area contributed by atoms with Gasteiger partial charge in [0.05, 0.1) is 19.1 Å². The van der Waals surface area contributed by atoms with E-state index in [2.05, 4.69) is 10.6 Å². The van der Waals surface area contributed by atoms with Gasteiger partial charge in [-0.25, -0.2) is 4.79 Å². The fraction of sp³-hybridized carbons (Fsp3) is 0.278. The zero-order valence-electron chi connectivity index (χ0n) is 15.1. The van der Waals surface area contributed by atoms with Crippen molar-refractivity contribution in [1.82, 2.24) is 9.88 Å². The van der Waals surface area contributed by atoms with Gasteiger partial charge >= 0.3 is 12.0 Å². The Morgan fingerprint density at radius 2 is 2.07 bits per heavy atom. The number of aromatic nitrogens is 1. The summed E-state index contributed by atoms with van der Waals surface area (Å²) < 4.78 is 6.15. The van der Waals surface area contributed by atoms with Crippen LogP contribution in [0.5, 0.6) is 5.75 Å². The molecule has 2 amide bonds. The minimum Gasteiger partial charge on any atom is -0.505 e. The Kier molecular flexibility index (Phi) is 6.42. The van der Waals surface area contributed by atoms with Crippen molar-refractivity contribution >= 4 is 23.4 Å². The molecule has 1 heterocycles. The number of nitrogen functional groups attached to an aromatic ring is 1. The van der Waals surface area contributed by atoms with Crippen LogP contribution in [0.3, 0.4) is 0 Å². The first-order chi connectivity index (χ1) is 12.8. The molecule has 0 aliphatic rings. The lowest BCUT2D eigenvalue weighted by Gasteiger charge is -2.19. The number of hydrogen-bond donors (Lipinski definition) is 4. The molecule has 0 bridgehead atoms. The molecule has 9 nitrogen and oxygen atoms in total. The van der Waals surface area contributed by atoms with Crippen molar-refractivity contribution in [3.63, 3.8) is 0 Å². The lowest BCUT2D eigenvalue weighted by atomic mass is 10.0. The molecule has 2 rings (SSSR count). The normalized spacial score (nSPS) is 11.5. The quantitative estimate of drug-likeness (QED) is 0.447. The predicted molar refractivity (Wildman–Crippen MR) is 100 cm³/mol. The van der Waals surface area contributed by atoms with E-state index < -0.39 is 23.6 Å². The minimum atomic E-state index is -0.759. The summed E-state index contributed by atoms with van der Waals surface area (Å²) in [5.74, 6) is -0.858. The number of carbonyl (C=O) groups excluding carboxylic acids is 2. The van der Waals surface area contributed by atoms with Crippen LogP contribution in [0.1, 0.15) is 24.9 Å². The van der Waals surface area contributed by atoms with Crippen molar-refractivity contribution in [2.75, 3.05) is 17.7 Å². The molecule has 1 aromatic carbocycles. The molecule has 144 valence electrons. The first-order valence-corrected chi connectivity index (χ1v) is 8.29. The van der Waals surface area contributed by atoms with Crippen molar-refractivity contribution in [3.05, 3.63) is 52.4 Å². The van der Waals surface area contributed by atoms with Gasteiger partial charge in [0, 0.05) is 18.9 Å². The number of amides is 2. The van der Waals surface area contributed by atoms with E-state index in [9.17, 15) is 19.5 Å². The third-order valence-electron chi connectivity index (χ3n) is 3.78. The van der Waals surface area contributed by atoms with Gasteiger partial charge in [0.25, 0.3) is 5.56 Å². The van der Waals surface area contributed by atoms with Crippen molar-refractivity contribution in [1.29, 1.82) is 0 Å². The van der Waals surface area contributed by atoms with Crippen LogP contribution in [0.4, 0.5) is 16.2 Å². The molecule has 0 aliphatic carbocycles. The summed E-state index contributed by atoms with van der Waals surface area (Å²) in [5.41, 5.74) is 6.01. The van der Waals surface area contributed by atoms with Gasteiger partial charge in [-0.2, -0.15) is 0 Å². The predicted octanol–water partition coefficient (Wildman–Crippen LogP) is 1.49. The van der Waals surface area contributed by atoms with Crippen LogP contribution in [-0.4, -0.2) is 28.3 Å². The van der Waals surface area contributed by atoms with Crippen LogP contribution in [-0.2, 0) is 16.6 Å². The molecule has 2 aromatic rings. The molecular weight excluding hydrogens is 352 g/mol. The number of aromatic hydroxyl groups is 1. The van der Waals surface area contributed by atoms with Crippen LogP contribution >= 0.6 is 0 Å². The summed E-state index contributed by atoms with van der Waals surface area (Å²) in [5, 5.41) is 14.8. The van der Waals surface area contributed by atoms with Gasteiger partial charge in [0.15, 0.2) is 5.69 Å². The molecule has 27 heavy (non-hydrogen) atoms. The molecule has 0 saturated heterocycles. The summed E-state index contributed by atoms with van der Waals surface area (Å²) in [6.07, 6.45) is 1.25. The molecule has 0 spiro atoms. The monoisotopic (exact) mass is 374 g/mol. The zero-order valence-corrected chi connectivity index (χ0v) is 15.1. The Labute approximate surface area is 155 Å². The highest BCUT2D eigenvalue weighted by Gasteiger charge is 2.21. The fourth-order valence-corrected chi connectivity index (χ4v) is 2.46. The number of benzene rings is 1. The summed E-state index contributed by atoms with van der Waals surface area (Å²) in [4.78, 5) is 36.3. The van der Waals surface area contributed by atoms with Crippen molar-refractivity contribution in [3.8, 4) is 5.75 Å². The first kappa shape index (κ1) is 19.8. The molecule has 0 radical (unpaired) electrons. The number of nitrogens with two attached hydrogens (primary N) is 1. The number of esters is 1. The molecule has 0 saturated carbocycles. The summed E-state index contributed by atoms with van der Waals surface area (Å²) in [6.45, 7) is 1.89. The van der Waals surface area contributed by atoms with Crippen LogP contribution in [0.15, 0.2) is 41.3 Å². The lowest BCUT2D eigenvalue weighted by molar-refractivity contribution is -0.143. The van der Waals surface area contributed by atoms with E-state index in [-0.39, 0.29) is 24.5 Å². The number of nitrogens with one attached hydrogen (secondary N) is 2. The number of carbonyl (C=O) groups is 2. The molecule has 1 atom stereocenters. The Bertz CT molecular complexity index is 894. The fourth-order valence-electron chi connectivity index (χ4n) is 2.46. The van der Waals surface area contributed by atoms with E-state index in [1.807, 2.05) is 0 Å². The van der Waals surface area contributed by atoms with Gasteiger partial charge in [0.2, 0.25) is 0 Å². The second-order valence-electron chi connectivity index (χ2n) is 5.82. The second-order valence-corrected chi connectivity index (χ2v) is 5.82. The average Bonchev–Trinajstić information content (AvgIpc) is 2.61. The van der Waals surface area contributed by atoms with Gasteiger partial charge in [-0.3, -0.25) is 9.59 Å². The van der Waals surface area contributed by atoms with Gasteiger partial charge in [0.1, 0.15) is 5.75 Å². The highest BCUT2D eigenvalue weighted by Crippen LogP contribution is 2.21. The van der Waals surface area contributed by atoms with E-state index in [1.54, 1.807) is 31.2 Å². The van der Waals surface area contributed by atoms with Gasteiger partial charge in [-0.15, -0.1) is 0 Å². The number of hydrogen-bond acceptors (Lipinski definition) is 6. The molecule has 5 N–H and O–H groups in total. The Morgan fingerprint density at radius 1 is 1.33 bits per heavy atom. The number of urea groups is 1. The summed E-state index contributed by atoms with van der Waals surface area (Å²) in [6, 6.07) is 6.50. The van der Waals surface area contributed by atoms with E-state index in [1.165, 1.54) is 23.9 Å². The maximum Gasteiger partial charge on any atom is 0.319 e. The SMILES string of the molecule is CCOC(=O)C[C@H](NC(=O)Nc1c(O)ccn(C)c1=O)c1cccc(N)c1. The summed E-state index contributed by atoms with van der Waals surface area (Å²) >= 11 is 0. The number of pyridine rings is 1. The number of anilines is 2. The first-order valence-electron chi connectivity index (χ1n) is 8.29. The van der Waals surface area contributed by atoms with Crippen LogP contribution in [0.25, 0.3) is 0 Å². The molecule has 9 heteroatoms. The molecular formula is C18H22N4O5.